The van der Waals surface area contributed by atoms with Crippen LogP contribution in [0, 0.1) is 36.8 Å². The van der Waals surface area contributed by atoms with E-state index >= 15 is 4.39 Å². The molecule has 1 amide bonds. The normalized spacial score (nSPS) is 13.8. The molecule has 1 aliphatic heterocycles. The summed E-state index contributed by atoms with van der Waals surface area (Å²) in [7, 11) is 1.65. The van der Waals surface area contributed by atoms with E-state index in [0.29, 0.717) is 45.9 Å². The Morgan fingerprint density at radius 1 is 1.02 bits per heavy atom. The molecule has 2 aromatic carbocycles. The minimum Gasteiger partial charge on any atom is -0.368 e. The number of imidazole rings is 1. The molecule has 45 heavy (non-hydrogen) atoms. The summed E-state index contributed by atoms with van der Waals surface area (Å²) in [6.45, 7) is 9.15. The van der Waals surface area contributed by atoms with Gasteiger partial charge >= 0.3 is 0 Å². The number of halogens is 2. The summed E-state index contributed by atoms with van der Waals surface area (Å²) < 4.78 is 32.1. The topological polar surface area (TPSA) is 89.6 Å². The number of pyridine rings is 1. The summed E-state index contributed by atoms with van der Waals surface area (Å²) in [5.41, 5.74) is 6.24. The second-order valence-electron chi connectivity index (χ2n) is 11.1. The van der Waals surface area contributed by atoms with Gasteiger partial charge in [0.1, 0.15) is 22.3 Å². The van der Waals surface area contributed by atoms with Crippen LogP contribution in [0.25, 0.3) is 38.7 Å². The number of fused-ring (bicyclic) bond motifs is 1. The van der Waals surface area contributed by atoms with Crippen molar-refractivity contribution in [1.29, 1.82) is 5.26 Å². The van der Waals surface area contributed by atoms with Crippen molar-refractivity contribution < 1.29 is 13.6 Å². The Labute approximate surface area is 264 Å². The first-order valence-corrected chi connectivity index (χ1v) is 15.7. The van der Waals surface area contributed by atoms with Gasteiger partial charge in [0, 0.05) is 61.0 Å². The number of thiazole rings is 1. The van der Waals surface area contributed by atoms with Gasteiger partial charge in [0.25, 0.3) is 0 Å². The summed E-state index contributed by atoms with van der Waals surface area (Å²) in [5, 5.41) is 12.9. The van der Waals surface area contributed by atoms with Gasteiger partial charge in [-0.05, 0) is 62.2 Å². The van der Waals surface area contributed by atoms with Crippen LogP contribution >= 0.6 is 11.3 Å². The second kappa shape index (κ2) is 12.4. The summed E-state index contributed by atoms with van der Waals surface area (Å²) in [6, 6.07) is 13.8. The number of aromatic nitrogens is 3. The highest BCUT2D eigenvalue weighted by molar-refractivity contribution is 7.15. The van der Waals surface area contributed by atoms with Crippen LogP contribution in [0.3, 0.4) is 0 Å². The fourth-order valence-electron chi connectivity index (χ4n) is 5.92. The number of benzene rings is 2. The van der Waals surface area contributed by atoms with E-state index in [4.69, 9.17) is 9.97 Å². The zero-order valence-corrected chi connectivity index (χ0v) is 26.4. The number of piperazine rings is 1. The Morgan fingerprint density at radius 2 is 1.76 bits per heavy atom. The summed E-state index contributed by atoms with van der Waals surface area (Å²) in [4.78, 5) is 26.7. The van der Waals surface area contributed by atoms with Crippen LogP contribution in [0.15, 0.2) is 48.7 Å². The lowest BCUT2D eigenvalue weighted by Gasteiger charge is -2.35. The van der Waals surface area contributed by atoms with Crippen LogP contribution < -0.4 is 10.2 Å². The van der Waals surface area contributed by atoms with Gasteiger partial charge in [-0.1, -0.05) is 13.0 Å². The first-order valence-electron chi connectivity index (χ1n) is 14.9. The average Bonchev–Trinajstić information content (AvgIpc) is 3.62. The number of hydrogen-bond acceptors (Lipinski definition) is 7. The molecule has 0 saturated carbocycles. The quantitative estimate of drug-likeness (QED) is 0.239. The lowest BCUT2D eigenvalue weighted by molar-refractivity contribution is -0.121. The molecule has 1 aliphatic rings. The molecule has 6 rings (SSSR count). The maximum absolute atomic E-state index is 16.4. The molecule has 230 valence electrons. The Hall–Kier alpha value is -4.66. The molecular formula is C34H33F2N7OS. The standard InChI is InChI=1S/C34H33F2N7OS/c1-5-28-33(43-18-24(7-11-29(43)39-28)42-14-12-41(13-15-42)19-30(44)38-4)27-10-9-25(20(2)31(27)36)34-40-32(21(3)45-34)26-8-6-23(35)16-22(26)17-37/h6-11,16,18H,5,12-15,19H2,1-4H3,(H,38,44). The molecule has 0 aliphatic carbocycles. The monoisotopic (exact) mass is 625 g/mol. The van der Waals surface area contributed by atoms with Crippen molar-refractivity contribution in [2.75, 3.05) is 44.7 Å². The molecule has 0 atom stereocenters. The van der Waals surface area contributed by atoms with E-state index in [1.807, 2.05) is 42.6 Å². The Kier molecular flexibility index (Phi) is 8.36. The summed E-state index contributed by atoms with van der Waals surface area (Å²) in [6.07, 6.45) is 2.67. The SMILES string of the molecule is CCc1nc2ccc(N3CCN(CC(=O)NC)CC3)cn2c1-c1ccc(-c2nc(-c3ccc(F)cc3C#N)c(C)s2)c(C)c1F. The number of carbonyl (C=O) groups is 1. The number of amides is 1. The van der Waals surface area contributed by atoms with E-state index < -0.39 is 5.82 Å². The Balaban J connectivity index is 1.35. The first kappa shape index (κ1) is 30.4. The largest absolute Gasteiger partial charge is 0.368 e. The van der Waals surface area contributed by atoms with E-state index in [9.17, 15) is 14.4 Å². The van der Waals surface area contributed by atoms with Crippen molar-refractivity contribution in [3.63, 3.8) is 0 Å². The summed E-state index contributed by atoms with van der Waals surface area (Å²) >= 11 is 1.41. The summed E-state index contributed by atoms with van der Waals surface area (Å²) in [5.74, 6) is -0.816. The smallest absolute Gasteiger partial charge is 0.233 e. The van der Waals surface area contributed by atoms with Crippen molar-refractivity contribution >= 4 is 28.6 Å². The number of aryl methyl sites for hydroxylation is 2. The number of anilines is 1. The lowest BCUT2D eigenvalue weighted by atomic mass is 10.0. The first-order chi connectivity index (χ1) is 21.7. The fourth-order valence-corrected chi connectivity index (χ4v) is 6.93. The van der Waals surface area contributed by atoms with E-state index in [1.165, 1.54) is 23.5 Å². The molecule has 0 unspecified atom stereocenters. The van der Waals surface area contributed by atoms with Crippen LogP contribution in [-0.2, 0) is 11.2 Å². The molecule has 0 radical (unpaired) electrons. The predicted molar refractivity (Wildman–Crippen MR) is 173 cm³/mol. The van der Waals surface area contributed by atoms with Crippen LogP contribution in [0.4, 0.5) is 14.5 Å². The molecular weight excluding hydrogens is 592 g/mol. The third-order valence-corrected chi connectivity index (χ3v) is 9.42. The molecule has 1 N–H and O–H groups in total. The Bertz CT molecular complexity index is 1970. The van der Waals surface area contributed by atoms with Gasteiger partial charge in [-0.2, -0.15) is 5.26 Å². The van der Waals surface area contributed by atoms with Crippen LogP contribution in [-0.4, -0.2) is 64.9 Å². The molecule has 0 bridgehead atoms. The number of nitrogens with zero attached hydrogens (tertiary/aromatic N) is 6. The minimum atomic E-state index is -0.483. The number of nitrogens with one attached hydrogen (secondary N) is 1. The molecule has 4 heterocycles. The predicted octanol–water partition coefficient (Wildman–Crippen LogP) is 5.99. The number of rotatable bonds is 7. The number of carbonyl (C=O) groups excluding carboxylic acids is 1. The van der Waals surface area contributed by atoms with Crippen LogP contribution in [0.5, 0.6) is 0 Å². The van der Waals surface area contributed by atoms with E-state index in [1.54, 1.807) is 26.1 Å². The van der Waals surface area contributed by atoms with Crippen molar-refractivity contribution in [3.8, 4) is 39.2 Å². The molecule has 1 saturated heterocycles. The van der Waals surface area contributed by atoms with E-state index in [0.717, 1.165) is 53.8 Å². The van der Waals surface area contributed by atoms with Crippen molar-refractivity contribution in [2.24, 2.45) is 0 Å². The maximum Gasteiger partial charge on any atom is 0.233 e. The van der Waals surface area contributed by atoms with Crippen molar-refractivity contribution in [3.05, 3.63) is 82.0 Å². The zero-order valence-electron chi connectivity index (χ0n) is 25.6. The van der Waals surface area contributed by atoms with Gasteiger partial charge in [-0.25, -0.2) is 18.7 Å². The van der Waals surface area contributed by atoms with E-state index in [2.05, 4.69) is 21.2 Å². The highest BCUT2D eigenvalue weighted by Crippen LogP contribution is 2.39. The zero-order chi connectivity index (χ0) is 31.8. The van der Waals surface area contributed by atoms with Crippen LogP contribution in [0.2, 0.25) is 0 Å². The van der Waals surface area contributed by atoms with Crippen LogP contribution in [0.1, 0.15) is 28.6 Å². The highest BCUT2D eigenvalue weighted by Gasteiger charge is 2.24. The molecule has 3 aromatic heterocycles. The molecule has 11 heteroatoms. The number of hydrogen-bond donors (Lipinski definition) is 1. The number of nitriles is 1. The van der Waals surface area contributed by atoms with Gasteiger partial charge in [0.15, 0.2) is 0 Å². The van der Waals surface area contributed by atoms with Gasteiger partial charge < -0.3 is 10.2 Å². The third-order valence-electron chi connectivity index (χ3n) is 8.42. The van der Waals surface area contributed by atoms with E-state index in [-0.39, 0.29) is 17.3 Å². The average molecular weight is 626 g/mol. The fraction of sp³-hybridized carbons (Fsp3) is 0.294. The minimum absolute atomic E-state index is 0.00908. The van der Waals surface area contributed by atoms with Gasteiger partial charge in [0.05, 0.1) is 40.9 Å². The molecule has 1 fully saturated rings. The van der Waals surface area contributed by atoms with Crippen molar-refractivity contribution in [1.82, 2.24) is 24.6 Å². The maximum atomic E-state index is 16.4. The van der Waals surface area contributed by atoms with Gasteiger partial charge in [0.2, 0.25) is 5.91 Å². The third kappa shape index (κ3) is 5.67. The second-order valence-corrected chi connectivity index (χ2v) is 12.3. The van der Waals surface area contributed by atoms with Gasteiger partial charge in [-0.15, -0.1) is 11.3 Å². The molecule has 8 nitrogen and oxygen atoms in total. The molecule has 0 spiro atoms. The highest BCUT2D eigenvalue weighted by atomic mass is 32.1. The lowest BCUT2D eigenvalue weighted by Crippen LogP contribution is -2.49. The number of likely N-dealkylation sites (N-methyl/N-ethyl adjacent to an activating group) is 1. The van der Waals surface area contributed by atoms with Crippen molar-refractivity contribution in [2.45, 2.75) is 27.2 Å². The Morgan fingerprint density at radius 3 is 2.47 bits per heavy atom. The molecule has 5 aromatic rings. The van der Waals surface area contributed by atoms with Gasteiger partial charge in [-0.3, -0.25) is 14.1 Å².